The molecule has 0 saturated carbocycles. The van der Waals surface area contributed by atoms with Crippen molar-refractivity contribution < 1.29 is 24.0 Å². The molecule has 1 atom stereocenters. The lowest BCUT2D eigenvalue weighted by Gasteiger charge is -2.28. The molecule has 0 saturated heterocycles. The zero-order valence-electron chi connectivity index (χ0n) is 13.8. The summed E-state index contributed by atoms with van der Waals surface area (Å²) >= 11 is 0. The topological polar surface area (TPSA) is 99.4 Å². The first kappa shape index (κ1) is 18.9. The Morgan fingerprint density at radius 2 is 1.79 bits per heavy atom. The third kappa shape index (κ3) is 6.21. The van der Waals surface area contributed by atoms with Crippen molar-refractivity contribution in [2.45, 2.75) is 44.6 Å². The van der Waals surface area contributed by atoms with E-state index in [4.69, 9.17) is 29.0 Å². The molecule has 132 valence electrons. The van der Waals surface area contributed by atoms with Gasteiger partial charge in [-0.25, -0.2) is 9.56 Å². The standard InChI is InChI=1S/C17H21NO.H3O4P/c1-19-17-16-10-6-5-9-14(16)12-15(18-17)11-13-7-3-2-4-8-13;1-5(2,3)4/h2-4,7-8,15H,5-6,9-12H2,1H3;(H3,1,2,3,4). The third-order valence-electron chi connectivity index (χ3n) is 4.13. The summed E-state index contributed by atoms with van der Waals surface area (Å²) in [5.74, 6) is 0.905. The number of ether oxygens (including phenoxy) is 1. The molecule has 0 spiro atoms. The molecule has 3 N–H and O–H groups in total. The lowest BCUT2D eigenvalue weighted by molar-refractivity contribution is 0.275. The first-order valence-corrected chi connectivity index (χ1v) is 9.58. The van der Waals surface area contributed by atoms with Gasteiger partial charge in [0, 0.05) is 5.57 Å². The highest BCUT2D eigenvalue weighted by atomic mass is 31.2. The predicted molar refractivity (Wildman–Crippen MR) is 92.8 cm³/mol. The Hall–Kier alpha value is -1.46. The zero-order chi connectivity index (χ0) is 17.6. The van der Waals surface area contributed by atoms with Crippen molar-refractivity contribution in [1.82, 2.24) is 0 Å². The molecule has 3 rings (SSSR count). The Labute approximate surface area is 142 Å². The van der Waals surface area contributed by atoms with Gasteiger partial charge in [0.15, 0.2) is 0 Å². The van der Waals surface area contributed by atoms with Gasteiger partial charge in [-0.05, 0) is 44.1 Å². The van der Waals surface area contributed by atoms with Gasteiger partial charge in [-0.1, -0.05) is 35.9 Å². The molecule has 0 aromatic heterocycles. The largest absolute Gasteiger partial charge is 0.481 e. The zero-order valence-corrected chi connectivity index (χ0v) is 14.7. The summed E-state index contributed by atoms with van der Waals surface area (Å²) in [6.07, 6.45) is 7.14. The Kier molecular flexibility index (Phi) is 6.75. The average Bonchev–Trinajstić information content (AvgIpc) is 2.53. The van der Waals surface area contributed by atoms with Crippen LogP contribution in [0.25, 0.3) is 0 Å². The number of nitrogens with zero attached hydrogens (tertiary/aromatic N) is 1. The number of dihydropyridines is 1. The van der Waals surface area contributed by atoms with Gasteiger partial charge in [0.25, 0.3) is 0 Å². The fourth-order valence-electron chi connectivity index (χ4n) is 3.20. The van der Waals surface area contributed by atoms with Gasteiger partial charge in [-0.15, -0.1) is 0 Å². The van der Waals surface area contributed by atoms with Crippen molar-refractivity contribution in [3.05, 3.63) is 47.0 Å². The van der Waals surface area contributed by atoms with E-state index < -0.39 is 7.82 Å². The van der Waals surface area contributed by atoms with Gasteiger partial charge in [-0.3, -0.25) is 0 Å². The summed E-state index contributed by atoms with van der Waals surface area (Å²) in [7, 11) is -2.89. The van der Waals surface area contributed by atoms with Crippen molar-refractivity contribution in [3.8, 4) is 0 Å². The van der Waals surface area contributed by atoms with E-state index >= 15 is 0 Å². The molecular formula is C17H24NO5P. The molecule has 1 aliphatic carbocycles. The van der Waals surface area contributed by atoms with Crippen LogP contribution in [-0.2, 0) is 15.7 Å². The first-order valence-electron chi connectivity index (χ1n) is 8.02. The summed E-state index contributed by atoms with van der Waals surface area (Å²) in [4.78, 5) is 26.4. The van der Waals surface area contributed by atoms with Gasteiger partial charge in [0.05, 0.1) is 13.2 Å². The minimum Gasteiger partial charge on any atom is -0.481 e. The molecule has 7 heteroatoms. The highest BCUT2D eigenvalue weighted by Crippen LogP contribution is 2.34. The number of aliphatic imine (C=N–C) groups is 1. The molecule has 0 radical (unpaired) electrons. The third-order valence-corrected chi connectivity index (χ3v) is 4.13. The molecule has 1 unspecified atom stereocenters. The van der Waals surface area contributed by atoms with Gasteiger partial charge < -0.3 is 19.4 Å². The van der Waals surface area contributed by atoms with E-state index in [-0.39, 0.29) is 0 Å². The Bertz CT molecular complexity index is 642. The van der Waals surface area contributed by atoms with Crippen LogP contribution in [0.5, 0.6) is 0 Å². The normalized spacial score (nSPS) is 20.5. The van der Waals surface area contributed by atoms with E-state index in [1.165, 1.54) is 30.4 Å². The molecule has 1 heterocycles. The SMILES string of the molecule is COC1=NC(Cc2ccccc2)CC2=C1CCCC2.O=P(O)(O)O. The quantitative estimate of drug-likeness (QED) is 0.710. The van der Waals surface area contributed by atoms with E-state index in [0.29, 0.717) is 6.04 Å². The number of methoxy groups -OCH3 is 1. The maximum Gasteiger partial charge on any atom is 0.466 e. The highest BCUT2D eigenvalue weighted by Gasteiger charge is 2.26. The molecule has 6 nitrogen and oxygen atoms in total. The summed E-state index contributed by atoms with van der Waals surface area (Å²) in [5.41, 5.74) is 4.36. The van der Waals surface area contributed by atoms with Gasteiger partial charge in [0.1, 0.15) is 0 Å². The number of phosphoric acid groups is 1. The Morgan fingerprint density at radius 1 is 1.17 bits per heavy atom. The summed E-state index contributed by atoms with van der Waals surface area (Å²) in [6.45, 7) is 0. The van der Waals surface area contributed by atoms with E-state index in [1.54, 1.807) is 12.7 Å². The Morgan fingerprint density at radius 3 is 2.42 bits per heavy atom. The highest BCUT2D eigenvalue weighted by molar-refractivity contribution is 7.45. The molecule has 0 bridgehead atoms. The van der Waals surface area contributed by atoms with Crippen LogP contribution >= 0.6 is 7.82 Å². The van der Waals surface area contributed by atoms with Crippen LogP contribution in [0.4, 0.5) is 0 Å². The van der Waals surface area contributed by atoms with Crippen molar-refractivity contribution in [3.63, 3.8) is 0 Å². The molecule has 1 aliphatic heterocycles. The molecule has 1 aromatic carbocycles. The fourth-order valence-corrected chi connectivity index (χ4v) is 3.20. The summed E-state index contributed by atoms with van der Waals surface area (Å²) < 4.78 is 14.4. The molecule has 2 aliphatic rings. The minimum absolute atomic E-state index is 0.356. The van der Waals surface area contributed by atoms with Crippen LogP contribution in [0.15, 0.2) is 46.5 Å². The lowest BCUT2D eigenvalue weighted by Crippen LogP contribution is -2.24. The average molecular weight is 353 g/mol. The van der Waals surface area contributed by atoms with Gasteiger partial charge in [0.2, 0.25) is 5.90 Å². The Balaban J connectivity index is 0.000000368. The molecule has 0 fully saturated rings. The number of hydrogen-bond donors (Lipinski definition) is 3. The van der Waals surface area contributed by atoms with E-state index in [9.17, 15) is 0 Å². The molecule has 1 aromatic rings. The lowest BCUT2D eigenvalue weighted by atomic mass is 9.84. The monoisotopic (exact) mass is 353 g/mol. The van der Waals surface area contributed by atoms with E-state index in [2.05, 4.69) is 30.3 Å². The second-order valence-electron chi connectivity index (χ2n) is 5.99. The van der Waals surface area contributed by atoms with Crippen LogP contribution < -0.4 is 0 Å². The van der Waals surface area contributed by atoms with Crippen LogP contribution in [-0.4, -0.2) is 33.7 Å². The van der Waals surface area contributed by atoms with Crippen LogP contribution in [0.1, 0.15) is 37.7 Å². The maximum atomic E-state index is 8.88. The second-order valence-corrected chi connectivity index (χ2v) is 7.02. The van der Waals surface area contributed by atoms with Crippen molar-refractivity contribution in [2.75, 3.05) is 7.11 Å². The number of benzene rings is 1. The molecular weight excluding hydrogens is 329 g/mol. The van der Waals surface area contributed by atoms with Crippen LogP contribution in [0, 0.1) is 0 Å². The minimum atomic E-state index is -4.64. The number of rotatable bonds is 2. The van der Waals surface area contributed by atoms with Crippen LogP contribution in [0.3, 0.4) is 0 Å². The van der Waals surface area contributed by atoms with Crippen molar-refractivity contribution >= 4 is 13.7 Å². The summed E-state index contributed by atoms with van der Waals surface area (Å²) in [6, 6.07) is 11.0. The summed E-state index contributed by atoms with van der Waals surface area (Å²) in [5, 5.41) is 0. The van der Waals surface area contributed by atoms with Crippen molar-refractivity contribution in [1.29, 1.82) is 0 Å². The fraction of sp³-hybridized carbons (Fsp3) is 0.471. The van der Waals surface area contributed by atoms with Crippen molar-refractivity contribution in [2.24, 2.45) is 4.99 Å². The van der Waals surface area contributed by atoms with Gasteiger partial charge >= 0.3 is 7.82 Å². The first-order chi connectivity index (χ1) is 11.4. The number of hydrogen-bond acceptors (Lipinski definition) is 3. The van der Waals surface area contributed by atoms with E-state index in [1.807, 2.05) is 0 Å². The smallest absolute Gasteiger partial charge is 0.466 e. The molecule has 24 heavy (non-hydrogen) atoms. The maximum absolute atomic E-state index is 8.88. The van der Waals surface area contributed by atoms with Crippen LogP contribution in [0.2, 0.25) is 0 Å². The predicted octanol–water partition coefficient (Wildman–Crippen LogP) is 2.99. The van der Waals surface area contributed by atoms with E-state index in [0.717, 1.165) is 25.2 Å². The van der Waals surface area contributed by atoms with Gasteiger partial charge in [-0.2, -0.15) is 0 Å². The molecule has 0 amide bonds. The second kappa shape index (κ2) is 8.58.